The Bertz CT molecular complexity index is 400. The zero-order valence-corrected chi connectivity index (χ0v) is 12.6. The fraction of sp³-hybridized carbons (Fsp3) is 0.929. The molecule has 5 nitrogen and oxygen atoms in total. The molecule has 1 spiro atoms. The van der Waals surface area contributed by atoms with Crippen LogP contribution in [-0.2, 0) is 14.3 Å². The summed E-state index contributed by atoms with van der Waals surface area (Å²) < 4.78 is 11.5. The largest absolute Gasteiger partial charge is 0.433 e. The smallest absolute Gasteiger partial charge is 0.341 e. The van der Waals surface area contributed by atoms with Crippen LogP contribution in [0.15, 0.2) is 10.2 Å². The summed E-state index contributed by atoms with van der Waals surface area (Å²) >= 11 is 0. The number of hydrogen-bond donors (Lipinski definition) is 0. The van der Waals surface area contributed by atoms with E-state index in [0.29, 0.717) is 12.5 Å². The standard InChI is InChI=1S/C14H24N2O3/c1-8(2)10-7-15-16-14(10)9(3)18-12(13(4,5)6)19-11(14)17/h8-10,12H,7H2,1-6H3/t9-,10-,12-,14-/m1/s1. The van der Waals surface area contributed by atoms with Crippen LogP contribution in [0.3, 0.4) is 0 Å². The molecule has 0 amide bonds. The van der Waals surface area contributed by atoms with Gasteiger partial charge in [-0.1, -0.05) is 34.6 Å². The lowest BCUT2D eigenvalue weighted by atomic mass is 9.74. The minimum atomic E-state index is -0.948. The van der Waals surface area contributed by atoms with Crippen LogP contribution in [0.4, 0.5) is 0 Å². The van der Waals surface area contributed by atoms with E-state index in [1.165, 1.54) is 0 Å². The molecule has 0 aromatic carbocycles. The second kappa shape index (κ2) is 4.54. The number of ether oxygens (including phenoxy) is 2. The van der Waals surface area contributed by atoms with E-state index in [0.717, 1.165) is 0 Å². The first-order valence-corrected chi connectivity index (χ1v) is 6.94. The van der Waals surface area contributed by atoms with E-state index in [4.69, 9.17) is 9.47 Å². The molecule has 4 atom stereocenters. The van der Waals surface area contributed by atoms with Gasteiger partial charge in [-0.25, -0.2) is 4.79 Å². The van der Waals surface area contributed by atoms with E-state index in [-0.39, 0.29) is 23.4 Å². The molecule has 0 N–H and O–H groups in total. The highest BCUT2D eigenvalue weighted by Crippen LogP contribution is 2.44. The number of azo groups is 1. The van der Waals surface area contributed by atoms with Crippen LogP contribution >= 0.6 is 0 Å². The molecule has 0 aromatic rings. The van der Waals surface area contributed by atoms with Gasteiger partial charge in [0.2, 0.25) is 11.8 Å². The van der Waals surface area contributed by atoms with Crippen molar-refractivity contribution in [3.63, 3.8) is 0 Å². The number of nitrogens with zero attached hydrogens (tertiary/aromatic N) is 2. The molecule has 2 heterocycles. The van der Waals surface area contributed by atoms with Gasteiger partial charge in [0.15, 0.2) is 0 Å². The van der Waals surface area contributed by atoms with Gasteiger partial charge in [0, 0.05) is 11.3 Å². The first kappa shape index (κ1) is 14.4. The summed E-state index contributed by atoms with van der Waals surface area (Å²) in [5, 5.41) is 8.33. The molecule has 5 heteroatoms. The van der Waals surface area contributed by atoms with Crippen LogP contribution in [-0.4, -0.2) is 30.4 Å². The van der Waals surface area contributed by atoms with Crippen LogP contribution in [0.25, 0.3) is 0 Å². The van der Waals surface area contributed by atoms with Crippen LogP contribution in [0.5, 0.6) is 0 Å². The monoisotopic (exact) mass is 268 g/mol. The molecule has 2 rings (SSSR count). The summed E-state index contributed by atoms with van der Waals surface area (Å²) in [5.41, 5.74) is -1.19. The van der Waals surface area contributed by atoms with Gasteiger partial charge in [-0.3, -0.25) is 0 Å². The highest BCUT2D eigenvalue weighted by atomic mass is 16.7. The van der Waals surface area contributed by atoms with Crippen molar-refractivity contribution in [3.05, 3.63) is 0 Å². The van der Waals surface area contributed by atoms with Crippen molar-refractivity contribution in [3.8, 4) is 0 Å². The van der Waals surface area contributed by atoms with Crippen LogP contribution < -0.4 is 0 Å². The molecule has 2 aliphatic heterocycles. The summed E-state index contributed by atoms with van der Waals surface area (Å²) in [4.78, 5) is 12.5. The van der Waals surface area contributed by atoms with Gasteiger partial charge < -0.3 is 9.47 Å². The second-order valence-electron chi connectivity index (χ2n) is 6.98. The number of hydrogen-bond acceptors (Lipinski definition) is 5. The Morgan fingerprint density at radius 2 is 2.00 bits per heavy atom. The Labute approximate surface area is 114 Å². The lowest BCUT2D eigenvalue weighted by molar-refractivity contribution is -0.262. The van der Waals surface area contributed by atoms with E-state index >= 15 is 0 Å². The molecule has 2 aliphatic rings. The van der Waals surface area contributed by atoms with Gasteiger partial charge in [0.25, 0.3) is 0 Å². The summed E-state index contributed by atoms with van der Waals surface area (Å²) in [6, 6.07) is 0. The molecular formula is C14H24N2O3. The van der Waals surface area contributed by atoms with E-state index < -0.39 is 11.8 Å². The average molecular weight is 268 g/mol. The van der Waals surface area contributed by atoms with Gasteiger partial charge in [-0.15, -0.1) is 0 Å². The van der Waals surface area contributed by atoms with Crippen molar-refractivity contribution >= 4 is 5.97 Å². The molecule has 0 unspecified atom stereocenters. The number of carbonyl (C=O) groups is 1. The number of carbonyl (C=O) groups excluding carboxylic acids is 1. The second-order valence-corrected chi connectivity index (χ2v) is 6.98. The van der Waals surface area contributed by atoms with E-state index in [1.807, 2.05) is 27.7 Å². The van der Waals surface area contributed by atoms with E-state index in [9.17, 15) is 4.79 Å². The molecular weight excluding hydrogens is 244 g/mol. The fourth-order valence-electron chi connectivity index (χ4n) is 2.81. The Balaban J connectivity index is 2.30. The van der Waals surface area contributed by atoms with Crippen molar-refractivity contribution in [2.75, 3.05) is 6.54 Å². The van der Waals surface area contributed by atoms with E-state index in [1.54, 1.807) is 0 Å². The quantitative estimate of drug-likeness (QED) is 0.687. The number of esters is 1. The first-order valence-electron chi connectivity index (χ1n) is 6.94. The molecule has 0 saturated carbocycles. The average Bonchev–Trinajstić information content (AvgIpc) is 2.70. The Kier molecular flexibility index (Phi) is 3.45. The molecule has 1 fully saturated rings. The highest BCUT2D eigenvalue weighted by molar-refractivity contribution is 5.83. The minimum absolute atomic E-state index is 0.0518. The highest BCUT2D eigenvalue weighted by Gasteiger charge is 2.60. The van der Waals surface area contributed by atoms with Crippen molar-refractivity contribution in [2.45, 2.75) is 59.5 Å². The molecule has 0 radical (unpaired) electrons. The maximum atomic E-state index is 12.5. The zero-order chi connectivity index (χ0) is 14.4. The predicted molar refractivity (Wildman–Crippen MR) is 70.7 cm³/mol. The molecule has 1 saturated heterocycles. The third kappa shape index (κ3) is 2.18. The van der Waals surface area contributed by atoms with Crippen LogP contribution in [0.1, 0.15) is 41.5 Å². The number of cyclic esters (lactones) is 1. The Hall–Kier alpha value is -0.970. The summed E-state index contributed by atoms with van der Waals surface area (Å²) in [7, 11) is 0. The van der Waals surface area contributed by atoms with Crippen LogP contribution in [0.2, 0.25) is 0 Å². The van der Waals surface area contributed by atoms with Crippen molar-refractivity contribution in [1.29, 1.82) is 0 Å². The third-order valence-electron chi connectivity index (χ3n) is 4.08. The van der Waals surface area contributed by atoms with Gasteiger partial charge in [-0.2, -0.15) is 10.2 Å². The van der Waals surface area contributed by atoms with Gasteiger partial charge in [0.05, 0.1) is 12.6 Å². The molecule has 0 aromatic heterocycles. The maximum absolute atomic E-state index is 12.5. The zero-order valence-electron chi connectivity index (χ0n) is 12.6. The molecule has 19 heavy (non-hydrogen) atoms. The summed E-state index contributed by atoms with van der Waals surface area (Å²) in [6.07, 6.45) is -0.833. The van der Waals surface area contributed by atoms with E-state index in [2.05, 4.69) is 24.1 Å². The molecule has 0 aliphatic carbocycles. The summed E-state index contributed by atoms with van der Waals surface area (Å²) in [5.74, 6) is 0.0711. The summed E-state index contributed by atoms with van der Waals surface area (Å²) in [6.45, 7) is 12.6. The van der Waals surface area contributed by atoms with Gasteiger partial charge >= 0.3 is 5.97 Å². The SMILES string of the molecule is CC(C)[C@H]1CN=N[C@@]12C(=O)O[C@H](C(C)(C)C)O[C@@H]2C. The van der Waals surface area contributed by atoms with Crippen LogP contribution in [0, 0.1) is 17.3 Å². The lowest BCUT2D eigenvalue weighted by Gasteiger charge is -2.45. The fourth-order valence-corrected chi connectivity index (χ4v) is 2.81. The third-order valence-corrected chi connectivity index (χ3v) is 4.08. The molecule has 0 bridgehead atoms. The first-order chi connectivity index (χ1) is 8.69. The van der Waals surface area contributed by atoms with Crippen molar-refractivity contribution in [2.24, 2.45) is 27.5 Å². The van der Waals surface area contributed by atoms with Crippen molar-refractivity contribution in [1.82, 2.24) is 0 Å². The molecule has 108 valence electrons. The maximum Gasteiger partial charge on any atom is 0.341 e. The Morgan fingerprint density at radius 3 is 2.47 bits per heavy atom. The predicted octanol–water partition coefficient (Wildman–Crippen LogP) is 2.80. The normalized spacial score (nSPS) is 39.1. The Morgan fingerprint density at radius 1 is 1.37 bits per heavy atom. The van der Waals surface area contributed by atoms with Gasteiger partial charge in [0.1, 0.15) is 0 Å². The van der Waals surface area contributed by atoms with Crippen molar-refractivity contribution < 1.29 is 14.3 Å². The number of rotatable bonds is 1. The lowest BCUT2D eigenvalue weighted by Crippen LogP contribution is -2.61. The minimum Gasteiger partial charge on any atom is -0.433 e. The topological polar surface area (TPSA) is 60.2 Å². The van der Waals surface area contributed by atoms with Gasteiger partial charge in [-0.05, 0) is 12.8 Å².